The number of nitrogens with one attached hydrogen (secondary N) is 2. The average Bonchev–Trinajstić information content (AvgIpc) is 3.27. The number of anilines is 1. The maximum atomic E-state index is 6.13. The monoisotopic (exact) mass is 398 g/mol. The number of aromatic nitrogens is 1. The summed E-state index contributed by atoms with van der Waals surface area (Å²) in [6.45, 7) is 0.802. The molecule has 0 saturated carbocycles. The molecule has 1 aromatic heterocycles. The Hall–Kier alpha value is -1.98. The molecule has 25 heavy (non-hydrogen) atoms. The van der Waals surface area contributed by atoms with E-state index in [1.807, 2.05) is 6.07 Å². The van der Waals surface area contributed by atoms with Gasteiger partial charge in [0.05, 0.1) is 19.3 Å². The van der Waals surface area contributed by atoms with Gasteiger partial charge in [-0.1, -0.05) is 15.9 Å². The molecule has 0 bridgehead atoms. The summed E-state index contributed by atoms with van der Waals surface area (Å²) in [6.07, 6.45) is 3.31. The number of aromatic amines is 1. The first kappa shape index (κ1) is 15.3. The van der Waals surface area contributed by atoms with Gasteiger partial charge in [0.15, 0.2) is 0 Å². The lowest BCUT2D eigenvalue weighted by molar-refractivity contribution is 0.0828. The molecule has 128 valence electrons. The van der Waals surface area contributed by atoms with Gasteiger partial charge in [-0.25, -0.2) is 0 Å². The maximum absolute atomic E-state index is 6.13. The van der Waals surface area contributed by atoms with Crippen molar-refractivity contribution in [2.45, 2.75) is 18.6 Å². The second-order valence-electron chi connectivity index (χ2n) is 6.75. The van der Waals surface area contributed by atoms with E-state index in [1.54, 1.807) is 7.11 Å². The third kappa shape index (κ3) is 2.37. The second kappa shape index (κ2) is 5.78. The van der Waals surface area contributed by atoms with Crippen molar-refractivity contribution in [2.75, 3.05) is 19.0 Å². The third-order valence-electron chi connectivity index (χ3n) is 5.45. The lowest BCUT2D eigenvalue weighted by atomic mass is 9.81. The van der Waals surface area contributed by atoms with Crippen LogP contribution in [0.15, 0.2) is 47.1 Å². The lowest BCUT2D eigenvalue weighted by Gasteiger charge is -2.36. The summed E-state index contributed by atoms with van der Waals surface area (Å²) in [7, 11) is 1.71. The number of rotatable bonds is 2. The van der Waals surface area contributed by atoms with E-state index in [4.69, 9.17) is 9.47 Å². The second-order valence-corrected chi connectivity index (χ2v) is 7.67. The number of fused-ring (bicyclic) bond motifs is 4. The molecule has 0 spiro atoms. The predicted octanol–water partition coefficient (Wildman–Crippen LogP) is 5.18. The molecular formula is C20H19BrN2O2. The Morgan fingerprint density at radius 3 is 2.96 bits per heavy atom. The van der Waals surface area contributed by atoms with Gasteiger partial charge in [0.2, 0.25) is 0 Å². The standard InChI is InChI=1S/C20H19BrN2O2/c1-24-12-3-5-18-15(9-12)20-13(6-7-25-20)19(23-18)16-10-22-17-4-2-11(21)8-14(16)17/h2-5,8-10,13,19-20,22-23H,6-7H2,1H3. The molecule has 1 saturated heterocycles. The van der Waals surface area contributed by atoms with Crippen molar-refractivity contribution < 1.29 is 9.47 Å². The molecule has 3 aromatic rings. The highest BCUT2D eigenvalue weighted by molar-refractivity contribution is 9.10. The van der Waals surface area contributed by atoms with Gasteiger partial charge in [0.1, 0.15) is 5.75 Å². The van der Waals surface area contributed by atoms with Crippen LogP contribution in [0.4, 0.5) is 5.69 Å². The van der Waals surface area contributed by atoms with Crippen LogP contribution >= 0.6 is 15.9 Å². The minimum absolute atomic E-state index is 0.119. The number of benzene rings is 2. The molecule has 1 fully saturated rings. The molecule has 0 amide bonds. The zero-order valence-corrected chi connectivity index (χ0v) is 15.5. The largest absolute Gasteiger partial charge is 0.497 e. The summed E-state index contributed by atoms with van der Waals surface area (Å²) >= 11 is 3.60. The van der Waals surface area contributed by atoms with Crippen molar-refractivity contribution in [1.82, 2.24) is 4.98 Å². The molecule has 2 aliphatic heterocycles. The number of hydrogen-bond acceptors (Lipinski definition) is 3. The minimum atomic E-state index is 0.119. The van der Waals surface area contributed by atoms with E-state index >= 15 is 0 Å². The number of methoxy groups -OCH3 is 1. The van der Waals surface area contributed by atoms with Gasteiger partial charge >= 0.3 is 0 Å². The Labute approximate surface area is 154 Å². The van der Waals surface area contributed by atoms with E-state index in [1.165, 1.54) is 16.5 Å². The van der Waals surface area contributed by atoms with E-state index < -0.39 is 0 Å². The van der Waals surface area contributed by atoms with E-state index in [2.05, 4.69) is 62.8 Å². The highest BCUT2D eigenvalue weighted by Crippen LogP contribution is 2.51. The van der Waals surface area contributed by atoms with Crippen molar-refractivity contribution in [3.8, 4) is 5.75 Å². The Bertz CT molecular complexity index is 952. The van der Waals surface area contributed by atoms with Gasteiger partial charge in [0.25, 0.3) is 0 Å². The fraction of sp³-hybridized carbons (Fsp3) is 0.300. The summed E-state index contributed by atoms with van der Waals surface area (Å²) < 4.78 is 12.6. The van der Waals surface area contributed by atoms with Gasteiger partial charge < -0.3 is 19.8 Å². The van der Waals surface area contributed by atoms with E-state index in [-0.39, 0.29) is 12.1 Å². The summed E-state index contributed by atoms with van der Waals surface area (Å²) in [5.74, 6) is 1.29. The van der Waals surface area contributed by atoms with Crippen LogP contribution < -0.4 is 10.1 Å². The van der Waals surface area contributed by atoms with Crippen LogP contribution in [0, 0.1) is 5.92 Å². The van der Waals surface area contributed by atoms with Crippen molar-refractivity contribution >= 4 is 32.5 Å². The summed E-state index contributed by atoms with van der Waals surface area (Å²) in [6, 6.07) is 12.8. The molecule has 2 N–H and O–H groups in total. The summed E-state index contributed by atoms with van der Waals surface area (Å²) in [5.41, 5.74) is 4.81. The fourth-order valence-electron chi connectivity index (χ4n) is 4.26. The molecule has 0 radical (unpaired) electrons. The molecule has 3 unspecified atom stereocenters. The van der Waals surface area contributed by atoms with Crippen molar-refractivity contribution in [2.24, 2.45) is 5.92 Å². The van der Waals surface area contributed by atoms with Gasteiger partial charge in [-0.2, -0.15) is 0 Å². The van der Waals surface area contributed by atoms with Crippen LogP contribution in [0.25, 0.3) is 10.9 Å². The van der Waals surface area contributed by atoms with E-state index in [0.29, 0.717) is 5.92 Å². The summed E-state index contributed by atoms with van der Waals surface area (Å²) in [4.78, 5) is 3.41. The SMILES string of the molecule is COc1ccc2c(c1)C1OCCC1C(c1c[nH]c3ccc(Br)cc13)N2. The molecule has 0 aliphatic carbocycles. The average molecular weight is 399 g/mol. The van der Waals surface area contributed by atoms with Crippen LogP contribution in [-0.2, 0) is 4.74 Å². The van der Waals surface area contributed by atoms with E-state index in [0.717, 1.165) is 34.5 Å². The molecule has 5 rings (SSSR count). The Kier molecular flexibility index (Phi) is 3.54. The van der Waals surface area contributed by atoms with Crippen LogP contribution in [0.1, 0.15) is 29.7 Å². The lowest BCUT2D eigenvalue weighted by Crippen LogP contribution is -2.29. The van der Waals surface area contributed by atoms with Crippen molar-refractivity contribution in [1.29, 1.82) is 0 Å². The fourth-order valence-corrected chi connectivity index (χ4v) is 4.62. The molecule has 2 aromatic carbocycles. The minimum Gasteiger partial charge on any atom is -0.497 e. The van der Waals surface area contributed by atoms with Crippen LogP contribution in [-0.4, -0.2) is 18.7 Å². The van der Waals surface area contributed by atoms with Gasteiger partial charge in [-0.05, 0) is 42.8 Å². The Balaban J connectivity index is 1.63. The van der Waals surface area contributed by atoms with E-state index in [9.17, 15) is 0 Å². The predicted molar refractivity (Wildman–Crippen MR) is 102 cm³/mol. The molecule has 5 heteroatoms. The van der Waals surface area contributed by atoms with Crippen LogP contribution in [0.3, 0.4) is 0 Å². The third-order valence-corrected chi connectivity index (χ3v) is 5.95. The van der Waals surface area contributed by atoms with Crippen LogP contribution in [0.5, 0.6) is 5.75 Å². The topological polar surface area (TPSA) is 46.3 Å². The number of halogens is 1. The maximum Gasteiger partial charge on any atom is 0.119 e. The quantitative estimate of drug-likeness (QED) is 0.624. The zero-order chi connectivity index (χ0) is 17.0. The molecule has 4 nitrogen and oxygen atoms in total. The molecule has 3 atom stereocenters. The Morgan fingerprint density at radius 1 is 1.16 bits per heavy atom. The van der Waals surface area contributed by atoms with Crippen LogP contribution in [0.2, 0.25) is 0 Å². The Morgan fingerprint density at radius 2 is 2.08 bits per heavy atom. The molecule has 2 aliphatic rings. The smallest absolute Gasteiger partial charge is 0.119 e. The number of hydrogen-bond donors (Lipinski definition) is 2. The van der Waals surface area contributed by atoms with Gasteiger partial charge in [-0.15, -0.1) is 0 Å². The zero-order valence-electron chi connectivity index (χ0n) is 13.9. The van der Waals surface area contributed by atoms with Gasteiger partial charge in [0, 0.05) is 50.9 Å². The van der Waals surface area contributed by atoms with Crippen molar-refractivity contribution in [3.05, 3.63) is 58.2 Å². The van der Waals surface area contributed by atoms with Crippen molar-refractivity contribution in [3.63, 3.8) is 0 Å². The van der Waals surface area contributed by atoms with Gasteiger partial charge in [-0.3, -0.25) is 0 Å². The number of ether oxygens (including phenoxy) is 2. The highest BCUT2D eigenvalue weighted by Gasteiger charge is 2.42. The molecule has 3 heterocycles. The molecular weight excluding hydrogens is 380 g/mol. The summed E-state index contributed by atoms with van der Waals surface area (Å²) in [5, 5.41) is 5.02. The first-order valence-corrected chi connectivity index (χ1v) is 9.36. The normalized spacial score (nSPS) is 24.6. The first-order chi connectivity index (χ1) is 12.2. The highest BCUT2D eigenvalue weighted by atomic mass is 79.9. The number of H-pyrrole nitrogens is 1. The first-order valence-electron chi connectivity index (χ1n) is 8.57.